The van der Waals surface area contributed by atoms with E-state index in [4.69, 9.17) is 5.11 Å². The summed E-state index contributed by atoms with van der Waals surface area (Å²) in [6.45, 7) is 6.07. The lowest BCUT2D eigenvalue weighted by Crippen LogP contribution is -2.42. The van der Waals surface area contributed by atoms with Crippen molar-refractivity contribution in [1.82, 2.24) is 14.7 Å². The smallest absolute Gasteiger partial charge is 0.323 e. The molecule has 0 aliphatic rings. The highest BCUT2D eigenvalue weighted by molar-refractivity contribution is 5.81. The van der Waals surface area contributed by atoms with E-state index in [1.54, 1.807) is 18.5 Å². The Morgan fingerprint density at radius 3 is 2.50 bits per heavy atom. The first-order chi connectivity index (χ1) is 8.28. The van der Waals surface area contributed by atoms with Gasteiger partial charge in [0.2, 0.25) is 5.91 Å². The molecule has 1 aromatic heterocycles. The Labute approximate surface area is 106 Å². The minimum atomic E-state index is -1.01. The van der Waals surface area contributed by atoms with Gasteiger partial charge < -0.3 is 10.0 Å². The molecule has 0 saturated carbocycles. The van der Waals surface area contributed by atoms with Gasteiger partial charge in [0.15, 0.2) is 0 Å². The molecule has 0 atom stereocenters. The number of carboxylic acid groups (broad SMARTS) is 1. The number of aromatic nitrogens is 2. The average Bonchev–Trinajstić information content (AvgIpc) is 2.66. The summed E-state index contributed by atoms with van der Waals surface area (Å²) in [7, 11) is 0. The van der Waals surface area contributed by atoms with Crippen LogP contribution in [0.4, 0.5) is 0 Å². The highest BCUT2D eigenvalue weighted by Gasteiger charge is 2.23. The van der Waals surface area contributed by atoms with Gasteiger partial charge in [-0.15, -0.1) is 0 Å². The Hall–Kier alpha value is -1.85. The van der Waals surface area contributed by atoms with Crippen LogP contribution in [-0.4, -0.2) is 44.8 Å². The fourth-order valence-corrected chi connectivity index (χ4v) is 1.60. The monoisotopic (exact) mass is 253 g/mol. The van der Waals surface area contributed by atoms with Crippen molar-refractivity contribution < 1.29 is 14.7 Å². The van der Waals surface area contributed by atoms with Crippen molar-refractivity contribution in [2.75, 3.05) is 13.1 Å². The predicted octanol–water partition coefficient (Wildman–Crippen LogP) is 0.842. The van der Waals surface area contributed by atoms with Gasteiger partial charge in [0.05, 0.1) is 0 Å². The molecule has 0 bridgehead atoms. The van der Waals surface area contributed by atoms with E-state index in [0.29, 0.717) is 6.54 Å². The van der Waals surface area contributed by atoms with Gasteiger partial charge in [0.25, 0.3) is 0 Å². The van der Waals surface area contributed by atoms with E-state index in [0.717, 1.165) is 0 Å². The van der Waals surface area contributed by atoms with Gasteiger partial charge in [0.1, 0.15) is 13.1 Å². The van der Waals surface area contributed by atoms with Crippen molar-refractivity contribution in [3.05, 3.63) is 18.5 Å². The normalized spacial score (nSPS) is 11.3. The second-order valence-electron chi connectivity index (χ2n) is 5.41. The zero-order chi connectivity index (χ0) is 13.8. The molecule has 1 amide bonds. The van der Waals surface area contributed by atoms with Crippen LogP contribution in [0.3, 0.4) is 0 Å². The number of nitrogens with zero attached hydrogens (tertiary/aromatic N) is 3. The second kappa shape index (κ2) is 5.66. The van der Waals surface area contributed by atoms with Crippen LogP contribution in [-0.2, 0) is 16.1 Å². The van der Waals surface area contributed by atoms with Crippen molar-refractivity contribution in [2.45, 2.75) is 27.3 Å². The second-order valence-corrected chi connectivity index (χ2v) is 5.41. The van der Waals surface area contributed by atoms with Gasteiger partial charge in [0, 0.05) is 18.9 Å². The maximum atomic E-state index is 12.0. The van der Waals surface area contributed by atoms with Gasteiger partial charge in [-0.3, -0.25) is 14.3 Å². The highest BCUT2D eigenvalue weighted by atomic mass is 16.4. The summed E-state index contributed by atoms with van der Waals surface area (Å²) < 4.78 is 1.49. The van der Waals surface area contributed by atoms with Crippen LogP contribution in [0.15, 0.2) is 18.5 Å². The molecule has 18 heavy (non-hydrogen) atoms. The lowest BCUT2D eigenvalue weighted by atomic mass is 9.96. The summed E-state index contributed by atoms with van der Waals surface area (Å²) in [5, 5.41) is 12.8. The topological polar surface area (TPSA) is 75.4 Å². The number of hydrogen-bond acceptors (Lipinski definition) is 3. The maximum absolute atomic E-state index is 12.0. The first-order valence-electron chi connectivity index (χ1n) is 5.75. The molecule has 100 valence electrons. The molecule has 0 aromatic carbocycles. The zero-order valence-electron chi connectivity index (χ0n) is 11.0. The molecular weight excluding hydrogens is 234 g/mol. The first kappa shape index (κ1) is 14.2. The van der Waals surface area contributed by atoms with E-state index in [-0.39, 0.29) is 24.4 Å². The zero-order valence-corrected chi connectivity index (χ0v) is 11.0. The molecule has 1 N–H and O–H groups in total. The van der Waals surface area contributed by atoms with Gasteiger partial charge in [-0.2, -0.15) is 5.10 Å². The van der Waals surface area contributed by atoms with Crippen LogP contribution < -0.4 is 0 Å². The molecule has 6 nitrogen and oxygen atoms in total. The predicted molar refractivity (Wildman–Crippen MR) is 65.9 cm³/mol. The number of aliphatic carboxylic acids is 1. The largest absolute Gasteiger partial charge is 0.480 e. The van der Waals surface area contributed by atoms with Crippen molar-refractivity contribution in [1.29, 1.82) is 0 Å². The molecule has 1 heterocycles. The fraction of sp³-hybridized carbons (Fsp3) is 0.583. The minimum absolute atomic E-state index is 0.0658. The van der Waals surface area contributed by atoms with E-state index in [9.17, 15) is 9.59 Å². The Morgan fingerprint density at radius 1 is 1.39 bits per heavy atom. The Bertz CT molecular complexity index is 407. The summed E-state index contributed by atoms with van der Waals surface area (Å²) in [5.41, 5.74) is -0.144. The summed E-state index contributed by atoms with van der Waals surface area (Å²) >= 11 is 0. The fourth-order valence-electron chi connectivity index (χ4n) is 1.60. The van der Waals surface area contributed by atoms with Gasteiger partial charge in [-0.05, 0) is 11.5 Å². The molecular formula is C12H19N3O3. The van der Waals surface area contributed by atoms with Crippen molar-refractivity contribution >= 4 is 11.9 Å². The highest BCUT2D eigenvalue weighted by Crippen LogP contribution is 2.15. The van der Waals surface area contributed by atoms with Gasteiger partial charge >= 0.3 is 5.97 Å². The number of rotatable bonds is 5. The van der Waals surface area contributed by atoms with Crippen LogP contribution in [0.25, 0.3) is 0 Å². The van der Waals surface area contributed by atoms with Crippen molar-refractivity contribution in [3.8, 4) is 0 Å². The summed E-state index contributed by atoms with van der Waals surface area (Å²) in [6.07, 6.45) is 3.26. The molecule has 0 fully saturated rings. The van der Waals surface area contributed by atoms with E-state index < -0.39 is 5.97 Å². The quantitative estimate of drug-likeness (QED) is 0.843. The minimum Gasteiger partial charge on any atom is -0.480 e. The standard InChI is InChI=1S/C12H19N3O3/c1-12(2,3)9-14(8-11(17)18)10(16)7-15-6-4-5-13-15/h4-6H,7-9H2,1-3H3,(H,17,18). The van der Waals surface area contributed by atoms with E-state index in [1.807, 2.05) is 20.8 Å². The lowest BCUT2D eigenvalue weighted by molar-refractivity contribution is -0.145. The third-order valence-corrected chi connectivity index (χ3v) is 2.20. The number of amides is 1. The Balaban J connectivity index is 2.69. The summed E-state index contributed by atoms with van der Waals surface area (Å²) in [6, 6.07) is 1.72. The number of carbonyl (C=O) groups excluding carboxylic acids is 1. The molecule has 0 unspecified atom stereocenters. The molecule has 6 heteroatoms. The number of carbonyl (C=O) groups is 2. The van der Waals surface area contributed by atoms with E-state index in [2.05, 4.69) is 5.10 Å². The van der Waals surface area contributed by atoms with Crippen LogP contribution in [0.5, 0.6) is 0 Å². The van der Waals surface area contributed by atoms with Crippen molar-refractivity contribution in [3.63, 3.8) is 0 Å². The van der Waals surface area contributed by atoms with Gasteiger partial charge in [-0.1, -0.05) is 20.8 Å². The van der Waals surface area contributed by atoms with Crippen molar-refractivity contribution in [2.24, 2.45) is 5.41 Å². The number of carboxylic acids is 1. The Kier molecular flexibility index (Phi) is 4.47. The maximum Gasteiger partial charge on any atom is 0.323 e. The number of hydrogen-bond donors (Lipinski definition) is 1. The van der Waals surface area contributed by atoms with Crippen LogP contribution in [0.1, 0.15) is 20.8 Å². The average molecular weight is 253 g/mol. The molecule has 1 rings (SSSR count). The van der Waals surface area contributed by atoms with Crippen LogP contribution in [0.2, 0.25) is 0 Å². The SMILES string of the molecule is CC(C)(C)CN(CC(=O)O)C(=O)Cn1cccn1. The third kappa shape index (κ3) is 4.99. The lowest BCUT2D eigenvalue weighted by Gasteiger charge is -2.28. The molecule has 0 spiro atoms. The van der Waals surface area contributed by atoms with E-state index >= 15 is 0 Å². The Morgan fingerprint density at radius 2 is 2.06 bits per heavy atom. The molecule has 0 radical (unpaired) electrons. The molecule has 1 aromatic rings. The molecule has 0 aliphatic carbocycles. The molecule has 0 aliphatic heterocycles. The van der Waals surface area contributed by atoms with Crippen LogP contribution in [0, 0.1) is 5.41 Å². The first-order valence-corrected chi connectivity index (χ1v) is 5.75. The van der Waals surface area contributed by atoms with Gasteiger partial charge in [-0.25, -0.2) is 0 Å². The molecule has 0 saturated heterocycles. The third-order valence-electron chi connectivity index (χ3n) is 2.20. The van der Waals surface area contributed by atoms with Crippen LogP contribution >= 0.6 is 0 Å². The summed E-state index contributed by atoms with van der Waals surface area (Å²) in [4.78, 5) is 24.2. The van der Waals surface area contributed by atoms with E-state index in [1.165, 1.54) is 9.58 Å². The summed E-state index contributed by atoms with van der Waals surface area (Å²) in [5.74, 6) is -1.25.